The number of nitrogens with one attached hydrogen (secondary N) is 2. The minimum absolute atomic E-state index is 0.272. The summed E-state index contributed by atoms with van der Waals surface area (Å²) >= 11 is 0. The molecule has 3 heterocycles. The zero-order chi connectivity index (χ0) is 15.0. The monoisotopic (exact) mass is 284 g/mol. The number of hydrogen-bond donors (Lipinski definition) is 3. The van der Waals surface area contributed by atoms with Crippen LogP contribution in [0.15, 0.2) is 6.07 Å². The van der Waals surface area contributed by atoms with Gasteiger partial charge in [0.05, 0.1) is 6.04 Å². The van der Waals surface area contributed by atoms with E-state index in [2.05, 4.69) is 31.8 Å². The average Bonchev–Trinajstić information content (AvgIpc) is 2.69. The maximum absolute atomic E-state index is 9.30. The number of nitrogen functional groups attached to an aromatic ring is 1. The van der Waals surface area contributed by atoms with E-state index in [4.69, 9.17) is 5.73 Å². The van der Waals surface area contributed by atoms with E-state index in [1.807, 2.05) is 6.92 Å². The molecule has 0 aliphatic carbocycles. The van der Waals surface area contributed by atoms with E-state index in [0.717, 1.165) is 18.8 Å². The summed E-state index contributed by atoms with van der Waals surface area (Å²) in [6, 6.07) is 4.16. The smallest absolute Gasteiger partial charge is 0.169 e. The minimum atomic E-state index is 0.272. The van der Waals surface area contributed by atoms with Crippen LogP contribution in [0.3, 0.4) is 0 Å². The van der Waals surface area contributed by atoms with Crippen LogP contribution < -0.4 is 16.4 Å². The van der Waals surface area contributed by atoms with Crippen LogP contribution in [0.5, 0.6) is 0 Å². The van der Waals surface area contributed by atoms with Crippen LogP contribution >= 0.6 is 0 Å². The Bertz CT molecular complexity index is 702. The molecular formula is C13H16N8. The number of anilines is 2. The largest absolute Gasteiger partial charge is 0.382 e. The number of nitriles is 1. The predicted molar refractivity (Wildman–Crippen MR) is 78.0 cm³/mol. The first kappa shape index (κ1) is 13.3. The first-order chi connectivity index (χ1) is 10.1. The van der Waals surface area contributed by atoms with Crippen LogP contribution in [-0.4, -0.2) is 38.9 Å². The molecule has 0 atom stereocenters. The van der Waals surface area contributed by atoms with Gasteiger partial charge in [-0.1, -0.05) is 0 Å². The summed E-state index contributed by atoms with van der Waals surface area (Å²) in [6.45, 7) is 5.38. The van der Waals surface area contributed by atoms with Crippen LogP contribution in [0.1, 0.15) is 17.1 Å². The van der Waals surface area contributed by atoms with Gasteiger partial charge < -0.3 is 16.4 Å². The second-order valence-corrected chi connectivity index (χ2v) is 5.05. The van der Waals surface area contributed by atoms with Gasteiger partial charge in [0, 0.05) is 24.8 Å². The van der Waals surface area contributed by atoms with Crippen molar-refractivity contribution in [2.75, 3.05) is 24.1 Å². The van der Waals surface area contributed by atoms with E-state index in [1.54, 1.807) is 13.0 Å². The van der Waals surface area contributed by atoms with Crippen LogP contribution in [0.4, 0.5) is 11.6 Å². The Balaban J connectivity index is 2.04. The molecule has 0 saturated carbocycles. The summed E-state index contributed by atoms with van der Waals surface area (Å²) in [7, 11) is 0. The molecule has 1 aliphatic heterocycles. The van der Waals surface area contributed by atoms with E-state index in [0.29, 0.717) is 23.0 Å². The van der Waals surface area contributed by atoms with Gasteiger partial charge in [0.25, 0.3) is 0 Å². The van der Waals surface area contributed by atoms with Crippen molar-refractivity contribution in [1.29, 1.82) is 5.26 Å². The minimum Gasteiger partial charge on any atom is -0.382 e. The van der Waals surface area contributed by atoms with Crippen LogP contribution in [0.25, 0.3) is 5.82 Å². The topological polar surface area (TPSA) is 117 Å². The van der Waals surface area contributed by atoms with Gasteiger partial charge in [-0.05, 0) is 13.8 Å². The fraction of sp³-hybridized carbons (Fsp3) is 0.385. The normalized spacial score (nSPS) is 14.5. The summed E-state index contributed by atoms with van der Waals surface area (Å²) in [5, 5.41) is 20.1. The third kappa shape index (κ3) is 2.39. The average molecular weight is 284 g/mol. The molecule has 0 amide bonds. The van der Waals surface area contributed by atoms with Crippen molar-refractivity contribution >= 4 is 11.6 Å². The molecule has 8 nitrogen and oxygen atoms in total. The molecule has 1 saturated heterocycles. The Morgan fingerprint density at radius 2 is 2.19 bits per heavy atom. The molecule has 0 bridgehead atoms. The van der Waals surface area contributed by atoms with Crippen molar-refractivity contribution in [3.8, 4) is 11.9 Å². The first-order valence-electron chi connectivity index (χ1n) is 6.67. The van der Waals surface area contributed by atoms with Gasteiger partial charge in [-0.3, -0.25) is 0 Å². The summed E-state index contributed by atoms with van der Waals surface area (Å²) in [5.41, 5.74) is 7.21. The lowest BCUT2D eigenvalue weighted by atomic mass is 10.2. The van der Waals surface area contributed by atoms with Crippen molar-refractivity contribution in [1.82, 2.24) is 25.1 Å². The van der Waals surface area contributed by atoms with E-state index < -0.39 is 0 Å². The molecule has 2 aromatic heterocycles. The molecule has 0 radical (unpaired) electrons. The third-order valence-corrected chi connectivity index (χ3v) is 3.32. The lowest BCUT2D eigenvalue weighted by Gasteiger charge is -2.27. The first-order valence-corrected chi connectivity index (χ1v) is 6.67. The lowest BCUT2D eigenvalue weighted by molar-refractivity contribution is 0.470. The summed E-state index contributed by atoms with van der Waals surface area (Å²) in [6.07, 6.45) is 0. The standard InChI is InChI=1S/C13H16N8/c1-7-3-11(18-8(2)17-7)21-12(15)10(4-14)13(20-21)19-9-5-16-6-9/h3,9,16H,5-6,15H2,1-2H3,(H,19,20). The highest BCUT2D eigenvalue weighted by Gasteiger charge is 2.23. The van der Waals surface area contributed by atoms with E-state index in [9.17, 15) is 5.26 Å². The zero-order valence-electron chi connectivity index (χ0n) is 11.9. The number of rotatable bonds is 3. The number of aryl methyl sites for hydroxylation is 2. The number of nitrogens with zero attached hydrogens (tertiary/aromatic N) is 5. The molecule has 0 unspecified atom stereocenters. The fourth-order valence-corrected chi connectivity index (χ4v) is 2.21. The highest BCUT2D eigenvalue weighted by atomic mass is 15.4. The molecule has 4 N–H and O–H groups in total. The van der Waals surface area contributed by atoms with Gasteiger partial charge in [0.2, 0.25) is 0 Å². The van der Waals surface area contributed by atoms with Crippen LogP contribution in [0.2, 0.25) is 0 Å². The van der Waals surface area contributed by atoms with Crippen molar-refractivity contribution < 1.29 is 0 Å². The zero-order valence-corrected chi connectivity index (χ0v) is 11.9. The summed E-state index contributed by atoms with van der Waals surface area (Å²) < 4.78 is 1.48. The van der Waals surface area contributed by atoms with Crippen molar-refractivity contribution in [3.05, 3.63) is 23.1 Å². The second kappa shape index (κ2) is 5.03. The number of aromatic nitrogens is 4. The lowest BCUT2D eigenvalue weighted by Crippen LogP contribution is -2.51. The quantitative estimate of drug-likeness (QED) is 0.732. The molecule has 2 aromatic rings. The molecule has 8 heteroatoms. The van der Waals surface area contributed by atoms with Crippen LogP contribution in [-0.2, 0) is 0 Å². The highest BCUT2D eigenvalue weighted by molar-refractivity contribution is 5.66. The SMILES string of the molecule is Cc1cc(-n2nc(NC3CNC3)c(C#N)c2N)nc(C)n1. The van der Waals surface area contributed by atoms with Gasteiger partial charge in [-0.2, -0.15) is 9.94 Å². The Kier molecular flexibility index (Phi) is 3.19. The van der Waals surface area contributed by atoms with Crippen molar-refractivity contribution in [2.45, 2.75) is 19.9 Å². The third-order valence-electron chi connectivity index (χ3n) is 3.32. The molecule has 0 spiro atoms. The van der Waals surface area contributed by atoms with Gasteiger partial charge in [0.1, 0.15) is 23.3 Å². The van der Waals surface area contributed by atoms with Crippen molar-refractivity contribution in [2.24, 2.45) is 0 Å². The molecular weight excluding hydrogens is 268 g/mol. The van der Waals surface area contributed by atoms with Gasteiger partial charge >= 0.3 is 0 Å². The Hall–Kier alpha value is -2.66. The fourth-order valence-electron chi connectivity index (χ4n) is 2.21. The van der Waals surface area contributed by atoms with Gasteiger partial charge in [0.15, 0.2) is 11.6 Å². The summed E-state index contributed by atoms with van der Waals surface area (Å²) in [5.74, 6) is 1.98. The number of hydrogen-bond acceptors (Lipinski definition) is 7. The number of nitrogens with two attached hydrogens (primary N) is 1. The molecule has 3 rings (SSSR count). The Morgan fingerprint density at radius 1 is 1.43 bits per heavy atom. The van der Waals surface area contributed by atoms with E-state index >= 15 is 0 Å². The highest BCUT2D eigenvalue weighted by Crippen LogP contribution is 2.24. The maximum atomic E-state index is 9.30. The Morgan fingerprint density at radius 3 is 2.76 bits per heavy atom. The van der Waals surface area contributed by atoms with E-state index in [1.165, 1.54) is 4.68 Å². The van der Waals surface area contributed by atoms with Gasteiger partial charge in [-0.25, -0.2) is 9.97 Å². The van der Waals surface area contributed by atoms with Crippen LogP contribution in [0, 0.1) is 25.2 Å². The Labute approximate surface area is 122 Å². The van der Waals surface area contributed by atoms with Crippen molar-refractivity contribution in [3.63, 3.8) is 0 Å². The summed E-state index contributed by atoms with van der Waals surface area (Å²) in [4.78, 5) is 8.55. The molecule has 1 fully saturated rings. The second-order valence-electron chi connectivity index (χ2n) is 5.05. The molecule has 21 heavy (non-hydrogen) atoms. The van der Waals surface area contributed by atoms with E-state index in [-0.39, 0.29) is 11.9 Å². The van der Waals surface area contributed by atoms with Gasteiger partial charge in [-0.15, -0.1) is 5.10 Å². The predicted octanol–water partition coefficient (Wildman–Crippen LogP) is 0.117. The molecule has 108 valence electrons. The maximum Gasteiger partial charge on any atom is 0.169 e. The molecule has 1 aliphatic rings. The molecule has 0 aromatic carbocycles.